The first-order valence-electron chi connectivity index (χ1n) is 11.7. The van der Waals surface area contributed by atoms with Gasteiger partial charge in [-0.3, -0.25) is 14.5 Å². The van der Waals surface area contributed by atoms with Crippen LogP contribution in [0.2, 0.25) is 0 Å². The lowest BCUT2D eigenvalue weighted by Crippen LogP contribution is -2.52. The minimum absolute atomic E-state index is 0.179. The van der Waals surface area contributed by atoms with Gasteiger partial charge in [-0.05, 0) is 29.8 Å². The van der Waals surface area contributed by atoms with Crippen LogP contribution in [0.25, 0.3) is 0 Å². The molecule has 2 N–H and O–H groups in total. The molecular formula is C27H29N5O2. The molecule has 2 aliphatic heterocycles. The number of fused-ring (bicyclic) bond motifs is 1. The second-order valence-corrected chi connectivity index (χ2v) is 8.61. The van der Waals surface area contributed by atoms with Crippen molar-refractivity contribution in [3.05, 3.63) is 90.0 Å². The normalized spacial score (nSPS) is 18.2. The van der Waals surface area contributed by atoms with E-state index in [9.17, 15) is 9.59 Å². The van der Waals surface area contributed by atoms with E-state index in [2.05, 4.69) is 49.6 Å². The summed E-state index contributed by atoms with van der Waals surface area (Å²) < 4.78 is 0. The number of nitrogens with one attached hydrogen (secondary N) is 2. The molecular weight excluding hydrogens is 426 g/mol. The zero-order chi connectivity index (χ0) is 23.3. The molecule has 34 heavy (non-hydrogen) atoms. The standard InChI is InChI=1S/C27H29N5O2/c33-20-28-23-12-7-13-24-25(23)27(34)29-26(21-8-3-1-4-9-21)32(24)19-16-30-14-17-31(18-15-30)22-10-5-2-6-11-22/h1-13,20,26H,14-19H2,(H,28,33)(H,29,34). The van der Waals surface area contributed by atoms with E-state index in [0.29, 0.717) is 17.7 Å². The molecule has 3 aromatic rings. The second-order valence-electron chi connectivity index (χ2n) is 8.61. The molecule has 3 aromatic carbocycles. The Morgan fingerprint density at radius 2 is 1.56 bits per heavy atom. The van der Waals surface area contributed by atoms with Crippen molar-refractivity contribution < 1.29 is 9.59 Å². The third-order valence-corrected chi connectivity index (χ3v) is 6.64. The van der Waals surface area contributed by atoms with E-state index >= 15 is 0 Å². The fourth-order valence-electron chi connectivity index (χ4n) is 4.88. The fourth-order valence-corrected chi connectivity index (χ4v) is 4.88. The maximum atomic E-state index is 13.1. The third-order valence-electron chi connectivity index (χ3n) is 6.64. The van der Waals surface area contributed by atoms with Crippen molar-refractivity contribution in [1.29, 1.82) is 0 Å². The van der Waals surface area contributed by atoms with Gasteiger partial charge in [-0.2, -0.15) is 0 Å². The summed E-state index contributed by atoms with van der Waals surface area (Å²) in [5.41, 5.74) is 4.18. The summed E-state index contributed by atoms with van der Waals surface area (Å²) in [5, 5.41) is 5.84. The molecule has 0 radical (unpaired) electrons. The van der Waals surface area contributed by atoms with E-state index < -0.39 is 0 Å². The summed E-state index contributed by atoms with van der Waals surface area (Å²) in [5.74, 6) is -0.179. The van der Waals surface area contributed by atoms with Crippen LogP contribution in [0.1, 0.15) is 22.1 Å². The number of benzene rings is 3. The third kappa shape index (κ3) is 4.47. The average molecular weight is 456 g/mol. The van der Waals surface area contributed by atoms with E-state index in [1.807, 2.05) is 48.5 Å². The van der Waals surface area contributed by atoms with Crippen LogP contribution in [0.15, 0.2) is 78.9 Å². The zero-order valence-corrected chi connectivity index (χ0v) is 19.1. The smallest absolute Gasteiger partial charge is 0.257 e. The maximum absolute atomic E-state index is 13.1. The molecule has 2 amide bonds. The van der Waals surface area contributed by atoms with Crippen LogP contribution in [0.5, 0.6) is 0 Å². The first-order valence-corrected chi connectivity index (χ1v) is 11.7. The predicted molar refractivity (Wildman–Crippen MR) is 135 cm³/mol. The Labute approximate surface area is 200 Å². The fraction of sp³-hybridized carbons (Fsp3) is 0.259. The number of rotatable bonds is 7. The summed E-state index contributed by atoms with van der Waals surface area (Å²) in [6.07, 6.45) is 0.348. The maximum Gasteiger partial charge on any atom is 0.257 e. The van der Waals surface area contributed by atoms with Crippen molar-refractivity contribution in [2.45, 2.75) is 6.17 Å². The largest absolute Gasteiger partial charge is 0.369 e. The quantitative estimate of drug-likeness (QED) is 0.535. The molecule has 2 heterocycles. The van der Waals surface area contributed by atoms with Gasteiger partial charge in [0.25, 0.3) is 5.91 Å². The van der Waals surface area contributed by atoms with Crippen molar-refractivity contribution in [2.24, 2.45) is 0 Å². The minimum Gasteiger partial charge on any atom is -0.369 e. The highest BCUT2D eigenvalue weighted by molar-refractivity contribution is 6.08. The summed E-state index contributed by atoms with van der Waals surface area (Å²) in [7, 11) is 0. The topological polar surface area (TPSA) is 67.9 Å². The van der Waals surface area contributed by atoms with Crippen LogP contribution in [0, 0.1) is 0 Å². The lowest BCUT2D eigenvalue weighted by molar-refractivity contribution is -0.105. The van der Waals surface area contributed by atoms with Gasteiger partial charge in [-0.15, -0.1) is 0 Å². The molecule has 5 rings (SSSR count). The molecule has 7 nitrogen and oxygen atoms in total. The first-order chi connectivity index (χ1) is 16.7. The number of amides is 2. The Kier molecular flexibility index (Phi) is 6.44. The highest BCUT2D eigenvalue weighted by Crippen LogP contribution is 2.36. The zero-order valence-electron chi connectivity index (χ0n) is 19.1. The number of para-hydroxylation sites is 1. The van der Waals surface area contributed by atoms with Crippen LogP contribution in [0.4, 0.5) is 17.1 Å². The van der Waals surface area contributed by atoms with Crippen LogP contribution >= 0.6 is 0 Å². The Morgan fingerprint density at radius 3 is 2.26 bits per heavy atom. The van der Waals surface area contributed by atoms with Crippen LogP contribution in [-0.4, -0.2) is 56.5 Å². The highest BCUT2D eigenvalue weighted by atomic mass is 16.2. The molecule has 174 valence electrons. The SMILES string of the molecule is O=CNc1cccc2c1C(=O)NC(c1ccccc1)N2CCN1CCN(c2ccccc2)CC1. The van der Waals surface area contributed by atoms with Gasteiger partial charge < -0.3 is 20.4 Å². The van der Waals surface area contributed by atoms with Gasteiger partial charge in [0, 0.05) is 45.0 Å². The Hall–Kier alpha value is -3.84. The van der Waals surface area contributed by atoms with E-state index in [1.165, 1.54) is 5.69 Å². The van der Waals surface area contributed by atoms with Gasteiger partial charge >= 0.3 is 0 Å². The number of anilines is 3. The monoisotopic (exact) mass is 455 g/mol. The van der Waals surface area contributed by atoms with E-state index in [1.54, 1.807) is 6.07 Å². The Balaban J connectivity index is 1.35. The number of hydrogen-bond acceptors (Lipinski definition) is 5. The number of piperazine rings is 1. The van der Waals surface area contributed by atoms with Gasteiger partial charge in [-0.25, -0.2) is 0 Å². The molecule has 1 fully saturated rings. The molecule has 0 spiro atoms. The number of nitrogens with zero attached hydrogens (tertiary/aromatic N) is 3. The van der Waals surface area contributed by atoms with Crippen molar-refractivity contribution in [3.63, 3.8) is 0 Å². The molecule has 0 aliphatic carbocycles. The summed E-state index contributed by atoms with van der Waals surface area (Å²) in [6, 6.07) is 26.2. The van der Waals surface area contributed by atoms with Crippen molar-refractivity contribution in [2.75, 3.05) is 54.4 Å². The van der Waals surface area contributed by atoms with Crippen molar-refractivity contribution in [1.82, 2.24) is 10.2 Å². The number of hydrogen-bond donors (Lipinski definition) is 2. The van der Waals surface area contributed by atoms with E-state index in [4.69, 9.17) is 0 Å². The summed E-state index contributed by atoms with van der Waals surface area (Å²) in [4.78, 5) is 31.4. The van der Waals surface area contributed by atoms with E-state index in [0.717, 1.165) is 50.5 Å². The van der Waals surface area contributed by atoms with Crippen LogP contribution in [0.3, 0.4) is 0 Å². The van der Waals surface area contributed by atoms with Crippen LogP contribution in [-0.2, 0) is 4.79 Å². The lowest BCUT2D eigenvalue weighted by atomic mass is 10.0. The molecule has 1 saturated heterocycles. The van der Waals surface area contributed by atoms with Crippen LogP contribution < -0.4 is 20.4 Å². The molecule has 0 saturated carbocycles. The van der Waals surface area contributed by atoms with Crippen molar-refractivity contribution >= 4 is 29.4 Å². The number of carbonyl (C=O) groups excluding carboxylic acids is 2. The Morgan fingerprint density at radius 1 is 0.853 bits per heavy atom. The molecule has 1 unspecified atom stereocenters. The van der Waals surface area contributed by atoms with Gasteiger partial charge in [0.15, 0.2) is 0 Å². The summed E-state index contributed by atoms with van der Waals surface area (Å²) in [6.45, 7) is 5.60. The van der Waals surface area contributed by atoms with Crippen molar-refractivity contribution in [3.8, 4) is 0 Å². The minimum atomic E-state index is -0.265. The summed E-state index contributed by atoms with van der Waals surface area (Å²) >= 11 is 0. The van der Waals surface area contributed by atoms with Gasteiger partial charge in [0.05, 0.1) is 16.9 Å². The molecule has 2 aliphatic rings. The molecule has 7 heteroatoms. The average Bonchev–Trinajstić information content (AvgIpc) is 2.89. The molecule has 1 atom stereocenters. The first kappa shape index (κ1) is 22.0. The van der Waals surface area contributed by atoms with E-state index in [-0.39, 0.29) is 12.1 Å². The second kappa shape index (κ2) is 9.97. The lowest BCUT2D eigenvalue weighted by Gasteiger charge is -2.42. The predicted octanol–water partition coefficient (Wildman–Crippen LogP) is 3.33. The molecule has 0 aromatic heterocycles. The van der Waals surface area contributed by atoms with Gasteiger partial charge in [0.1, 0.15) is 6.17 Å². The van der Waals surface area contributed by atoms with Gasteiger partial charge in [0.2, 0.25) is 6.41 Å². The van der Waals surface area contributed by atoms with Gasteiger partial charge in [-0.1, -0.05) is 54.6 Å². The Bertz CT molecular complexity index is 1130. The number of carbonyl (C=O) groups is 2. The highest BCUT2D eigenvalue weighted by Gasteiger charge is 2.33. The molecule has 0 bridgehead atoms.